The molecule has 0 radical (unpaired) electrons. The number of rotatable bonds is 25. The van der Waals surface area contributed by atoms with Crippen LogP contribution in [-0.2, 0) is 13.3 Å². The Morgan fingerprint density at radius 3 is 1.56 bits per heavy atom. The van der Waals surface area contributed by atoms with Gasteiger partial charge in [0.15, 0.2) is 0 Å². The first-order valence-corrected chi connectivity index (χ1v) is 15.8. The smallest absolute Gasteiger partial charge is 0.377 e. The molecule has 0 fully saturated rings. The molecule has 0 N–H and O–H groups in total. The SMILES string of the molecule is CCCCCCCCCCN(C)CCC(CCCCCCC)CCC[Si](OC)(OC)OC. The molecule has 0 aromatic carbocycles. The number of nitrogens with zero attached hydrogens (tertiary/aromatic N) is 1. The third kappa shape index (κ3) is 17.5. The van der Waals surface area contributed by atoms with Crippen molar-refractivity contribution in [2.24, 2.45) is 5.92 Å². The molecule has 0 amide bonds. The molecular weight excluding hydrogens is 414 g/mol. The number of unbranched alkanes of at least 4 members (excludes halogenated alkanes) is 11. The van der Waals surface area contributed by atoms with E-state index in [-0.39, 0.29) is 0 Å². The van der Waals surface area contributed by atoms with Crippen molar-refractivity contribution in [3.05, 3.63) is 0 Å². The third-order valence-corrected chi connectivity index (χ3v) is 9.89. The summed E-state index contributed by atoms with van der Waals surface area (Å²) in [4.78, 5) is 2.57. The van der Waals surface area contributed by atoms with Gasteiger partial charge in [0.2, 0.25) is 0 Å². The summed E-state index contributed by atoms with van der Waals surface area (Å²) in [6, 6.07) is 0.928. The maximum Gasteiger partial charge on any atom is 0.500 e. The lowest BCUT2D eigenvalue weighted by Crippen LogP contribution is -2.42. The minimum atomic E-state index is -2.42. The fraction of sp³-hybridized carbons (Fsp3) is 1.00. The zero-order valence-electron chi connectivity index (χ0n) is 22.9. The molecule has 0 spiro atoms. The van der Waals surface area contributed by atoms with Gasteiger partial charge >= 0.3 is 8.80 Å². The summed E-state index contributed by atoms with van der Waals surface area (Å²) in [5, 5.41) is 0. The molecule has 0 aliphatic carbocycles. The minimum absolute atomic E-state index is 0.815. The summed E-state index contributed by atoms with van der Waals surface area (Å²) < 4.78 is 16.9. The van der Waals surface area contributed by atoms with Crippen LogP contribution in [0.1, 0.15) is 123 Å². The van der Waals surface area contributed by atoms with Gasteiger partial charge in [-0.2, -0.15) is 0 Å². The fourth-order valence-electron chi connectivity index (χ4n) is 4.66. The molecule has 0 aromatic rings. The van der Waals surface area contributed by atoms with Crippen molar-refractivity contribution in [2.75, 3.05) is 41.5 Å². The van der Waals surface area contributed by atoms with Crippen LogP contribution in [0.5, 0.6) is 0 Å². The van der Waals surface area contributed by atoms with Crippen LogP contribution in [0.4, 0.5) is 0 Å². The van der Waals surface area contributed by atoms with Gasteiger partial charge in [0.1, 0.15) is 0 Å². The zero-order chi connectivity index (χ0) is 23.9. The van der Waals surface area contributed by atoms with Crippen molar-refractivity contribution in [2.45, 2.75) is 129 Å². The van der Waals surface area contributed by atoms with Gasteiger partial charge in [0, 0.05) is 27.4 Å². The van der Waals surface area contributed by atoms with E-state index in [2.05, 4.69) is 25.8 Å². The summed E-state index contributed by atoms with van der Waals surface area (Å²) in [5.41, 5.74) is 0. The highest BCUT2D eigenvalue weighted by atomic mass is 28.4. The standard InChI is InChI=1S/C27H59NO3Si/c1-7-9-11-13-14-15-17-19-24-28(3)25-23-27(21-18-16-12-10-8-2)22-20-26-32(29-4,30-5)31-6/h27H,7-26H2,1-6H3. The average Bonchev–Trinajstić information content (AvgIpc) is 2.81. The quantitative estimate of drug-likeness (QED) is 0.0990. The van der Waals surface area contributed by atoms with E-state index in [1.807, 2.05) is 0 Å². The Morgan fingerprint density at radius 1 is 0.562 bits per heavy atom. The molecule has 194 valence electrons. The Balaban J connectivity index is 4.20. The Kier molecular flexibility index (Phi) is 22.9. The zero-order valence-corrected chi connectivity index (χ0v) is 23.9. The first kappa shape index (κ1) is 32.1. The molecule has 0 saturated carbocycles. The van der Waals surface area contributed by atoms with Crippen LogP contribution in [0.15, 0.2) is 0 Å². The van der Waals surface area contributed by atoms with E-state index < -0.39 is 8.80 Å². The van der Waals surface area contributed by atoms with Crippen LogP contribution in [0.3, 0.4) is 0 Å². The van der Waals surface area contributed by atoms with Gasteiger partial charge in [0.25, 0.3) is 0 Å². The molecule has 1 atom stereocenters. The third-order valence-electron chi connectivity index (χ3n) is 7.06. The Hall–Kier alpha value is 0.0569. The van der Waals surface area contributed by atoms with Crippen molar-refractivity contribution >= 4 is 8.80 Å². The molecule has 0 aliphatic rings. The number of hydrogen-bond donors (Lipinski definition) is 0. The van der Waals surface area contributed by atoms with Crippen LogP contribution in [0, 0.1) is 5.92 Å². The van der Waals surface area contributed by atoms with Crippen LogP contribution in [0.2, 0.25) is 6.04 Å². The van der Waals surface area contributed by atoms with E-state index in [1.165, 1.54) is 116 Å². The van der Waals surface area contributed by atoms with Gasteiger partial charge in [-0.3, -0.25) is 0 Å². The second kappa shape index (κ2) is 22.8. The predicted molar refractivity (Wildman–Crippen MR) is 142 cm³/mol. The highest BCUT2D eigenvalue weighted by Gasteiger charge is 2.37. The molecule has 0 heterocycles. The fourth-order valence-corrected chi connectivity index (χ4v) is 6.41. The monoisotopic (exact) mass is 473 g/mol. The number of hydrogen-bond acceptors (Lipinski definition) is 4. The van der Waals surface area contributed by atoms with E-state index >= 15 is 0 Å². The molecular formula is C27H59NO3Si. The van der Waals surface area contributed by atoms with Crippen LogP contribution in [0.25, 0.3) is 0 Å². The van der Waals surface area contributed by atoms with E-state index in [4.69, 9.17) is 13.3 Å². The first-order valence-electron chi connectivity index (χ1n) is 13.9. The van der Waals surface area contributed by atoms with E-state index in [0.717, 1.165) is 18.4 Å². The van der Waals surface area contributed by atoms with Gasteiger partial charge in [-0.1, -0.05) is 104 Å². The summed E-state index contributed by atoms with van der Waals surface area (Å²) in [5.74, 6) is 0.815. The second-order valence-corrected chi connectivity index (χ2v) is 12.9. The highest BCUT2D eigenvalue weighted by molar-refractivity contribution is 6.60. The lowest BCUT2D eigenvalue weighted by molar-refractivity contribution is 0.122. The first-order chi connectivity index (χ1) is 15.6. The molecule has 5 heteroatoms. The van der Waals surface area contributed by atoms with Crippen LogP contribution in [-0.4, -0.2) is 55.2 Å². The summed E-state index contributed by atoms with van der Waals surface area (Å²) >= 11 is 0. The van der Waals surface area contributed by atoms with E-state index in [0.29, 0.717) is 0 Å². The van der Waals surface area contributed by atoms with Gasteiger partial charge in [-0.15, -0.1) is 0 Å². The van der Waals surface area contributed by atoms with Crippen molar-refractivity contribution in [1.29, 1.82) is 0 Å². The Labute approximate surface area is 203 Å². The highest BCUT2D eigenvalue weighted by Crippen LogP contribution is 2.25. The summed E-state index contributed by atoms with van der Waals surface area (Å²) in [6.07, 6.45) is 23.2. The van der Waals surface area contributed by atoms with Crippen molar-refractivity contribution < 1.29 is 13.3 Å². The van der Waals surface area contributed by atoms with Gasteiger partial charge in [-0.05, 0) is 45.3 Å². The van der Waals surface area contributed by atoms with Crippen LogP contribution < -0.4 is 0 Å². The average molecular weight is 474 g/mol. The largest absolute Gasteiger partial charge is 0.500 e. The molecule has 0 aliphatic heterocycles. The molecule has 0 rings (SSSR count). The predicted octanol–water partition coefficient (Wildman–Crippen LogP) is 8.08. The van der Waals surface area contributed by atoms with Crippen molar-refractivity contribution in [1.82, 2.24) is 4.90 Å². The van der Waals surface area contributed by atoms with Crippen molar-refractivity contribution in [3.63, 3.8) is 0 Å². The van der Waals surface area contributed by atoms with E-state index in [1.54, 1.807) is 21.3 Å². The second-order valence-electron chi connectivity index (χ2n) is 9.82. The maximum absolute atomic E-state index is 5.62. The minimum Gasteiger partial charge on any atom is -0.377 e. The van der Waals surface area contributed by atoms with Gasteiger partial charge < -0.3 is 18.2 Å². The Bertz CT molecular complexity index is 372. The van der Waals surface area contributed by atoms with Crippen LogP contribution >= 0.6 is 0 Å². The molecule has 0 bridgehead atoms. The summed E-state index contributed by atoms with van der Waals surface area (Å²) in [7, 11) is 5.07. The molecule has 0 saturated heterocycles. The topological polar surface area (TPSA) is 30.9 Å². The normalized spacial score (nSPS) is 13.2. The lowest BCUT2D eigenvalue weighted by atomic mass is 9.93. The molecule has 0 aromatic heterocycles. The van der Waals surface area contributed by atoms with Gasteiger partial charge in [-0.25, -0.2) is 0 Å². The lowest BCUT2D eigenvalue weighted by Gasteiger charge is -2.26. The van der Waals surface area contributed by atoms with Gasteiger partial charge in [0.05, 0.1) is 0 Å². The molecule has 1 unspecified atom stereocenters. The maximum atomic E-state index is 5.62. The molecule has 32 heavy (non-hydrogen) atoms. The van der Waals surface area contributed by atoms with E-state index in [9.17, 15) is 0 Å². The molecule has 4 nitrogen and oxygen atoms in total. The van der Waals surface area contributed by atoms with Crippen molar-refractivity contribution in [3.8, 4) is 0 Å². The summed E-state index contributed by atoms with van der Waals surface area (Å²) in [6.45, 7) is 7.08. The Morgan fingerprint density at radius 2 is 1.03 bits per heavy atom.